The molecule has 4 aliphatic heterocycles. The Morgan fingerprint density at radius 3 is 0.844 bits per heavy atom. The summed E-state index contributed by atoms with van der Waals surface area (Å²) in [6, 6.07) is 7.06. The number of rotatable bonds is 34. The Morgan fingerprint density at radius 2 is 0.600 bits per heavy atom. The van der Waals surface area contributed by atoms with Gasteiger partial charge >= 0.3 is 0 Å². The van der Waals surface area contributed by atoms with Crippen LogP contribution in [0.4, 0.5) is 0 Å². The van der Waals surface area contributed by atoms with E-state index < -0.39 is 101 Å². The molecule has 0 bridgehead atoms. The maximum atomic E-state index is 14.3. The minimum absolute atomic E-state index is 0.0166. The Kier molecular flexibility index (Phi) is 22.1. The number of nitrogens with two attached hydrogens (primary N) is 3. The van der Waals surface area contributed by atoms with Crippen molar-refractivity contribution in [1.29, 1.82) is 0 Å². The van der Waals surface area contributed by atoms with Gasteiger partial charge in [0.1, 0.15) is 24.2 Å². The highest BCUT2D eigenvalue weighted by atomic mass is 16.2. The SMILES string of the molecule is CC(=O)N[C@@H](CCCCN1C(=O)c2ccc3c4c(ccc(c24)C1=O)C(=O)N(CCCN(C)C)C3=O)C(=O)N[C@@H](CCCCN)C(=O)N[C@@H](CCCCN)C(=O)N[C@@H](CCCCN1C(=O)c2ccc3c4c(ccc(c24)C1=O)C(=O)N(CCCN(C)C)C3=O)C(N)=O. The number of hydrogen-bond acceptors (Lipinski definition) is 17. The fourth-order valence-corrected chi connectivity index (χ4v) is 12.2. The normalized spacial score (nSPS) is 15.7. The molecule has 13 amide bonds. The number of unbranched alkanes of at least 4 members (excludes halogenated alkanes) is 4. The van der Waals surface area contributed by atoms with Gasteiger partial charge in [-0.3, -0.25) is 81.9 Å². The highest BCUT2D eigenvalue weighted by molar-refractivity contribution is 6.34. The molecule has 26 nitrogen and oxygen atoms in total. The van der Waals surface area contributed by atoms with Gasteiger partial charge in [-0.05, 0) is 193 Å². The summed E-state index contributed by atoms with van der Waals surface area (Å²) in [5.41, 5.74) is 18.9. The number of primary amides is 1. The molecule has 4 atom stereocenters. The summed E-state index contributed by atoms with van der Waals surface area (Å²) in [6.45, 7) is 3.29. The molecule has 0 unspecified atom stereocenters. The number of imide groups is 4. The summed E-state index contributed by atoms with van der Waals surface area (Å²) in [5.74, 6) is -8.18. The third-order valence-electron chi connectivity index (χ3n) is 16.9. The zero-order chi connectivity index (χ0) is 65.2. The van der Waals surface area contributed by atoms with Gasteiger partial charge in [-0.25, -0.2) is 0 Å². The molecule has 10 N–H and O–H groups in total. The van der Waals surface area contributed by atoms with Crippen LogP contribution in [-0.4, -0.2) is 211 Å². The molecular formula is C64H81N13O13. The summed E-state index contributed by atoms with van der Waals surface area (Å²) in [5, 5.41) is 11.8. The molecule has 0 aromatic heterocycles. The van der Waals surface area contributed by atoms with Gasteiger partial charge in [0.25, 0.3) is 47.3 Å². The molecule has 4 heterocycles. The number of benzene rings is 4. The molecule has 26 heteroatoms. The molecule has 8 rings (SSSR count). The zero-order valence-electron chi connectivity index (χ0n) is 51.7. The van der Waals surface area contributed by atoms with Crippen molar-refractivity contribution in [2.75, 3.05) is 80.5 Å². The second kappa shape index (κ2) is 29.6. The lowest BCUT2D eigenvalue weighted by Crippen LogP contribution is -2.58. The zero-order valence-corrected chi connectivity index (χ0v) is 51.7. The molecule has 0 fully saturated rings. The van der Waals surface area contributed by atoms with Crippen molar-refractivity contribution in [3.05, 3.63) is 93.0 Å². The first-order valence-corrected chi connectivity index (χ1v) is 30.8. The summed E-state index contributed by atoms with van der Waals surface area (Å²) in [4.78, 5) is 187. The Labute approximate surface area is 521 Å². The second-order valence-corrected chi connectivity index (χ2v) is 23.9. The average molecular weight is 1240 g/mol. The van der Waals surface area contributed by atoms with Crippen molar-refractivity contribution >= 4 is 98.3 Å². The van der Waals surface area contributed by atoms with Crippen molar-refractivity contribution < 1.29 is 62.3 Å². The van der Waals surface area contributed by atoms with Crippen molar-refractivity contribution in [3.63, 3.8) is 0 Å². The van der Waals surface area contributed by atoms with Crippen molar-refractivity contribution in [2.24, 2.45) is 17.2 Å². The third-order valence-corrected chi connectivity index (χ3v) is 16.9. The van der Waals surface area contributed by atoms with Gasteiger partial charge in [0.2, 0.25) is 29.5 Å². The number of carbonyl (C=O) groups is 13. The minimum atomic E-state index is -1.25. The van der Waals surface area contributed by atoms with Crippen LogP contribution in [0.25, 0.3) is 21.5 Å². The maximum absolute atomic E-state index is 14.3. The van der Waals surface area contributed by atoms with E-state index in [9.17, 15) is 62.3 Å². The Bertz CT molecular complexity index is 3430. The van der Waals surface area contributed by atoms with Gasteiger partial charge in [0.05, 0.1) is 0 Å². The first-order valence-electron chi connectivity index (χ1n) is 30.8. The van der Waals surface area contributed by atoms with Crippen LogP contribution < -0.4 is 38.5 Å². The van der Waals surface area contributed by atoms with Crippen LogP contribution in [0.3, 0.4) is 0 Å². The van der Waals surface area contributed by atoms with E-state index in [-0.39, 0.29) is 157 Å². The predicted molar refractivity (Wildman–Crippen MR) is 332 cm³/mol. The van der Waals surface area contributed by atoms with Crippen molar-refractivity contribution in [2.45, 2.75) is 121 Å². The highest BCUT2D eigenvalue weighted by Gasteiger charge is 2.42. The van der Waals surface area contributed by atoms with E-state index in [1.54, 1.807) is 0 Å². The van der Waals surface area contributed by atoms with Gasteiger partial charge in [-0.1, -0.05) is 0 Å². The lowest BCUT2D eigenvalue weighted by Gasteiger charge is -2.32. The molecule has 0 aliphatic carbocycles. The monoisotopic (exact) mass is 1240 g/mol. The summed E-state index contributed by atoms with van der Waals surface area (Å²) in [7, 11) is 7.55. The second-order valence-electron chi connectivity index (χ2n) is 23.9. The molecule has 0 saturated heterocycles. The number of nitrogens with one attached hydrogen (secondary N) is 4. The van der Waals surface area contributed by atoms with Gasteiger partial charge < -0.3 is 48.3 Å². The third kappa shape index (κ3) is 14.4. The molecular weight excluding hydrogens is 1160 g/mol. The maximum Gasteiger partial charge on any atom is 0.261 e. The Hall–Kier alpha value is -8.85. The van der Waals surface area contributed by atoms with E-state index in [2.05, 4.69) is 21.3 Å². The molecule has 0 radical (unpaired) electrons. The molecule has 90 heavy (non-hydrogen) atoms. The topological polar surface area (TPSA) is 368 Å². The fourth-order valence-electron chi connectivity index (χ4n) is 12.2. The van der Waals surface area contributed by atoms with Crippen LogP contribution in [0.1, 0.15) is 180 Å². The van der Waals surface area contributed by atoms with Gasteiger partial charge in [0, 0.05) is 99.2 Å². The first kappa shape index (κ1) is 67.1. The fraction of sp³-hybridized carbons (Fsp3) is 0.484. The largest absolute Gasteiger partial charge is 0.368 e. The van der Waals surface area contributed by atoms with E-state index in [0.29, 0.717) is 51.6 Å². The van der Waals surface area contributed by atoms with E-state index in [1.807, 2.05) is 38.0 Å². The van der Waals surface area contributed by atoms with Gasteiger partial charge in [0.15, 0.2) is 0 Å². The number of nitrogens with zero attached hydrogens (tertiary/aromatic N) is 6. The summed E-state index contributed by atoms with van der Waals surface area (Å²) in [6.07, 6.45) is 3.75. The summed E-state index contributed by atoms with van der Waals surface area (Å²) >= 11 is 0. The Morgan fingerprint density at radius 1 is 0.367 bits per heavy atom. The van der Waals surface area contributed by atoms with E-state index >= 15 is 0 Å². The molecule has 0 spiro atoms. The van der Waals surface area contributed by atoms with Crippen molar-refractivity contribution in [3.8, 4) is 0 Å². The molecule has 480 valence electrons. The smallest absolute Gasteiger partial charge is 0.261 e. The minimum Gasteiger partial charge on any atom is -0.368 e. The van der Waals surface area contributed by atoms with Crippen LogP contribution in [0.15, 0.2) is 48.5 Å². The lowest BCUT2D eigenvalue weighted by atomic mass is 9.86. The van der Waals surface area contributed by atoms with E-state index in [1.165, 1.54) is 65.3 Å². The first-order chi connectivity index (χ1) is 43.0. The van der Waals surface area contributed by atoms with Crippen LogP contribution in [0.2, 0.25) is 0 Å². The predicted octanol–water partition coefficient (Wildman–Crippen LogP) is 2.02. The van der Waals surface area contributed by atoms with Crippen LogP contribution in [0.5, 0.6) is 0 Å². The standard InChI is InChI=1S/C64H81N13O13/c1-36(78)68-46(19-9-13-33-75-59(85)39-22-26-43-52-44(27-23-40(50(39)52)60(75)86)64(90)77(63(43)89)35-15-31-73(4)5)54(80)70-48(18-7-11-29-66)56(82)71-47(17-6-10-28-65)55(81)69-45(53(67)79)16-8-12-32-74-57(83)37-20-24-41-51-42(25-21-38(49(37)51)58(74)84)62(88)76(61(41)87)34-14-30-72(2)3/h20-27,45-48H,6-19,28-35,65-66H2,1-5H3,(H2,67,79)(H,68,78)(H,69,81)(H,70,80)(H,71,82)/t45-,46-,47-,48-/m0/s1. The number of carbonyl (C=O) groups excluding carboxylic acids is 13. The van der Waals surface area contributed by atoms with Crippen LogP contribution in [0, 0.1) is 0 Å². The van der Waals surface area contributed by atoms with E-state index in [0.717, 1.165) is 9.80 Å². The van der Waals surface area contributed by atoms with Crippen molar-refractivity contribution in [1.82, 2.24) is 50.7 Å². The van der Waals surface area contributed by atoms with Crippen LogP contribution in [-0.2, 0) is 24.0 Å². The average Bonchev–Trinajstić information content (AvgIpc) is 0.727. The van der Waals surface area contributed by atoms with Gasteiger partial charge in [-0.15, -0.1) is 0 Å². The molecule has 0 saturated carbocycles. The molecule has 4 aliphatic rings. The number of amides is 13. The highest BCUT2D eigenvalue weighted by Crippen LogP contribution is 2.40. The van der Waals surface area contributed by atoms with Crippen LogP contribution >= 0.6 is 0 Å². The molecule has 4 aromatic carbocycles. The van der Waals surface area contributed by atoms with Gasteiger partial charge in [-0.2, -0.15) is 0 Å². The summed E-state index contributed by atoms with van der Waals surface area (Å²) < 4.78 is 0. The lowest BCUT2D eigenvalue weighted by molar-refractivity contribution is -0.134. The quantitative estimate of drug-likeness (QED) is 0.0260. The number of hydrogen-bond donors (Lipinski definition) is 7. The van der Waals surface area contributed by atoms with E-state index in [4.69, 9.17) is 17.2 Å². The Balaban J connectivity index is 0.869. The molecule has 4 aromatic rings.